The highest BCUT2D eigenvalue weighted by atomic mass is 16.1. The number of ketones is 1. The molecule has 0 bridgehead atoms. The Morgan fingerprint density at radius 1 is 1.20 bits per heavy atom. The van der Waals surface area contributed by atoms with Crippen LogP contribution in [0.1, 0.15) is 34.1 Å². The van der Waals surface area contributed by atoms with E-state index in [0.29, 0.717) is 0 Å². The first-order valence-corrected chi connectivity index (χ1v) is 7.24. The van der Waals surface area contributed by atoms with E-state index in [1.54, 1.807) is 6.08 Å². The maximum atomic E-state index is 12.4. The Labute approximate surface area is 122 Å². The largest absolute Gasteiger partial charge is 0.367 e. The zero-order valence-electron chi connectivity index (χ0n) is 13.2. The summed E-state index contributed by atoms with van der Waals surface area (Å²) in [6.07, 6.45) is 4.70. The van der Waals surface area contributed by atoms with Crippen LogP contribution < -0.4 is 4.90 Å². The fourth-order valence-electron chi connectivity index (χ4n) is 3.40. The molecule has 0 aliphatic heterocycles. The van der Waals surface area contributed by atoms with Crippen molar-refractivity contribution in [2.45, 2.75) is 40.2 Å². The van der Waals surface area contributed by atoms with Crippen LogP contribution in [0.5, 0.6) is 0 Å². The molecular weight excluding hydrogens is 246 g/mol. The summed E-state index contributed by atoms with van der Waals surface area (Å²) in [6, 6.07) is 10.4. The van der Waals surface area contributed by atoms with Gasteiger partial charge in [0.05, 0.1) is 11.5 Å². The Kier molecular flexibility index (Phi) is 3.77. The number of likely N-dealkylation sites (N-methyl/N-ethyl adjacent to an activating group) is 1. The first-order valence-electron chi connectivity index (χ1n) is 7.24. The number of benzene rings is 1. The molecule has 0 spiro atoms. The van der Waals surface area contributed by atoms with Crippen molar-refractivity contribution >= 4 is 11.5 Å². The van der Waals surface area contributed by atoms with E-state index in [4.69, 9.17) is 0 Å². The van der Waals surface area contributed by atoms with Gasteiger partial charge in [-0.15, -0.1) is 0 Å². The highest BCUT2D eigenvalue weighted by Gasteiger charge is 2.46. The van der Waals surface area contributed by atoms with Crippen molar-refractivity contribution < 1.29 is 4.79 Å². The second kappa shape index (κ2) is 5.08. The van der Waals surface area contributed by atoms with E-state index in [2.05, 4.69) is 57.9 Å². The molecule has 2 nitrogen and oxygen atoms in total. The summed E-state index contributed by atoms with van der Waals surface area (Å²) < 4.78 is 0. The minimum Gasteiger partial charge on any atom is -0.367 e. The van der Waals surface area contributed by atoms with E-state index < -0.39 is 0 Å². The smallest absolute Gasteiger partial charge is 0.163 e. The third-order valence-electron chi connectivity index (χ3n) is 4.12. The molecular formula is C18H25NO. The number of para-hydroxylation sites is 1. The lowest BCUT2D eigenvalue weighted by Crippen LogP contribution is -2.46. The Morgan fingerprint density at radius 3 is 2.35 bits per heavy atom. The molecule has 1 aromatic rings. The molecule has 1 aliphatic rings. The number of carbonyl (C=O) groups excluding carboxylic acids is 1. The predicted octanol–water partition coefficient (Wildman–Crippen LogP) is 4.07. The maximum Gasteiger partial charge on any atom is 0.163 e. The highest BCUT2D eigenvalue weighted by molar-refractivity contribution is 5.98. The Hall–Kier alpha value is -1.57. The Bertz CT molecular complexity index is 512. The summed E-state index contributed by atoms with van der Waals surface area (Å²) in [6.45, 7) is 8.70. The van der Waals surface area contributed by atoms with Crippen molar-refractivity contribution in [3.63, 3.8) is 0 Å². The van der Waals surface area contributed by atoms with E-state index in [9.17, 15) is 4.79 Å². The molecule has 0 N–H and O–H groups in total. The van der Waals surface area contributed by atoms with Gasteiger partial charge in [-0.2, -0.15) is 0 Å². The van der Waals surface area contributed by atoms with E-state index in [0.717, 1.165) is 12.1 Å². The lowest BCUT2D eigenvalue weighted by Gasteiger charge is -2.41. The molecule has 0 radical (unpaired) electrons. The molecule has 0 aromatic heterocycles. The first kappa shape index (κ1) is 14.8. The topological polar surface area (TPSA) is 20.3 Å². The number of anilines is 1. The molecule has 0 amide bonds. The number of carbonyl (C=O) groups is 1. The van der Waals surface area contributed by atoms with Crippen LogP contribution in [0.15, 0.2) is 42.5 Å². The monoisotopic (exact) mass is 271 g/mol. The van der Waals surface area contributed by atoms with Crippen molar-refractivity contribution in [2.75, 3.05) is 11.9 Å². The molecule has 0 saturated carbocycles. The van der Waals surface area contributed by atoms with Crippen molar-refractivity contribution in [1.29, 1.82) is 0 Å². The van der Waals surface area contributed by atoms with Gasteiger partial charge in [0, 0.05) is 12.7 Å². The second-order valence-electron chi connectivity index (χ2n) is 7.27. The van der Waals surface area contributed by atoms with Crippen LogP contribution in [0, 0.1) is 10.8 Å². The molecule has 1 aromatic carbocycles. The van der Waals surface area contributed by atoms with Crippen LogP contribution in [-0.2, 0) is 4.79 Å². The van der Waals surface area contributed by atoms with Crippen LogP contribution in [0.3, 0.4) is 0 Å². The molecule has 0 heterocycles. The van der Waals surface area contributed by atoms with E-state index in [1.165, 1.54) is 0 Å². The predicted molar refractivity (Wildman–Crippen MR) is 85.0 cm³/mol. The summed E-state index contributed by atoms with van der Waals surface area (Å²) in [4.78, 5) is 14.6. The van der Waals surface area contributed by atoms with Gasteiger partial charge in [-0.3, -0.25) is 4.79 Å². The number of hydrogen-bond donors (Lipinski definition) is 0. The van der Waals surface area contributed by atoms with Crippen molar-refractivity contribution in [3.05, 3.63) is 42.5 Å². The molecule has 20 heavy (non-hydrogen) atoms. The molecule has 2 atom stereocenters. The van der Waals surface area contributed by atoms with Gasteiger partial charge in [-0.05, 0) is 37.0 Å². The van der Waals surface area contributed by atoms with Gasteiger partial charge in [-0.1, -0.05) is 45.0 Å². The average Bonchev–Trinajstić information content (AvgIpc) is 2.63. The highest BCUT2D eigenvalue weighted by Crippen LogP contribution is 2.43. The standard InChI is InChI=1S/C18H25NO/c1-17(2,3)13-18(4)15(11-12-16(18)20)19(5)14-9-7-6-8-10-14/h6-12,15H,13H2,1-5H3/t15-,18+/m1/s1. The zero-order chi connectivity index (χ0) is 15.0. The normalized spacial score (nSPS) is 26.1. The van der Waals surface area contributed by atoms with Gasteiger partial charge >= 0.3 is 0 Å². The summed E-state index contributed by atoms with van der Waals surface area (Å²) in [5, 5.41) is 0. The number of rotatable bonds is 3. The number of hydrogen-bond acceptors (Lipinski definition) is 2. The SMILES string of the molecule is CN(c1ccccc1)[C@@H]1C=CC(=O)[C@@]1(C)CC(C)(C)C. The van der Waals surface area contributed by atoms with Gasteiger partial charge in [0.15, 0.2) is 5.78 Å². The average molecular weight is 271 g/mol. The van der Waals surface area contributed by atoms with E-state index in [1.807, 2.05) is 18.2 Å². The maximum absolute atomic E-state index is 12.4. The van der Waals surface area contributed by atoms with E-state index in [-0.39, 0.29) is 22.7 Å². The molecule has 0 fully saturated rings. The van der Waals surface area contributed by atoms with Gasteiger partial charge < -0.3 is 4.90 Å². The van der Waals surface area contributed by atoms with Crippen LogP contribution >= 0.6 is 0 Å². The van der Waals surface area contributed by atoms with Gasteiger partial charge in [0.1, 0.15) is 0 Å². The first-order chi connectivity index (χ1) is 9.24. The minimum absolute atomic E-state index is 0.122. The number of allylic oxidation sites excluding steroid dienone is 1. The van der Waals surface area contributed by atoms with Crippen LogP contribution in [-0.4, -0.2) is 18.9 Å². The molecule has 0 saturated heterocycles. The summed E-state index contributed by atoms with van der Waals surface area (Å²) in [5.41, 5.74) is 0.937. The lowest BCUT2D eigenvalue weighted by molar-refractivity contribution is -0.124. The fourth-order valence-corrected chi connectivity index (χ4v) is 3.40. The molecule has 0 unspecified atom stereocenters. The fraction of sp³-hybridized carbons (Fsp3) is 0.500. The Morgan fingerprint density at radius 2 is 1.80 bits per heavy atom. The molecule has 2 heteroatoms. The van der Waals surface area contributed by atoms with E-state index >= 15 is 0 Å². The third kappa shape index (κ3) is 2.79. The van der Waals surface area contributed by atoms with Gasteiger partial charge in [0.25, 0.3) is 0 Å². The van der Waals surface area contributed by atoms with Crippen LogP contribution in [0.2, 0.25) is 0 Å². The minimum atomic E-state index is -0.344. The van der Waals surface area contributed by atoms with Crippen molar-refractivity contribution in [2.24, 2.45) is 10.8 Å². The quantitative estimate of drug-likeness (QED) is 0.826. The Balaban J connectivity index is 2.30. The van der Waals surface area contributed by atoms with Crippen LogP contribution in [0.25, 0.3) is 0 Å². The zero-order valence-corrected chi connectivity index (χ0v) is 13.2. The van der Waals surface area contributed by atoms with Crippen molar-refractivity contribution in [3.8, 4) is 0 Å². The summed E-state index contributed by atoms with van der Waals surface area (Å²) >= 11 is 0. The number of nitrogens with zero attached hydrogens (tertiary/aromatic N) is 1. The molecule has 1 aliphatic carbocycles. The molecule has 2 rings (SSSR count). The second-order valence-corrected chi connectivity index (χ2v) is 7.27. The van der Waals surface area contributed by atoms with Crippen molar-refractivity contribution in [1.82, 2.24) is 0 Å². The van der Waals surface area contributed by atoms with Gasteiger partial charge in [-0.25, -0.2) is 0 Å². The van der Waals surface area contributed by atoms with Gasteiger partial charge in [0.2, 0.25) is 0 Å². The summed E-state index contributed by atoms with van der Waals surface area (Å²) in [7, 11) is 2.07. The summed E-state index contributed by atoms with van der Waals surface area (Å²) in [5.74, 6) is 0.250. The molecule has 108 valence electrons. The third-order valence-corrected chi connectivity index (χ3v) is 4.12. The lowest BCUT2D eigenvalue weighted by atomic mass is 9.70. The van der Waals surface area contributed by atoms with Crippen LogP contribution in [0.4, 0.5) is 5.69 Å².